The average molecular weight is 184 g/mol. The number of nitrogens with zero attached hydrogens (tertiary/aromatic N) is 1. The van der Waals surface area contributed by atoms with Gasteiger partial charge in [-0.05, 0) is 38.3 Å². The molecule has 1 unspecified atom stereocenters. The molecule has 1 heterocycles. The first-order valence-electron chi connectivity index (χ1n) is 5.11. The van der Waals surface area contributed by atoms with Gasteiger partial charge in [0.25, 0.3) is 0 Å². The highest BCUT2D eigenvalue weighted by Crippen LogP contribution is 2.15. The number of carbonyl (C=O) groups is 1. The zero-order valence-corrected chi connectivity index (χ0v) is 8.68. The standard InChI is InChI=1S/C10H20N2O/c1-12(2)10(13)6-5-9-4-3-7-11-8-9/h9,11H,3-8H2,1-2H3. The van der Waals surface area contributed by atoms with Gasteiger partial charge in [-0.25, -0.2) is 0 Å². The van der Waals surface area contributed by atoms with Crippen molar-refractivity contribution in [3.05, 3.63) is 0 Å². The molecule has 1 fully saturated rings. The lowest BCUT2D eigenvalue weighted by molar-refractivity contribution is -0.129. The van der Waals surface area contributed by atoms with Crippen LogP contribution in [-0.4, -0.2) is 38.0 Å². The van der Waals surface area contributed by atoms with Crippen LogP contribution in [-0.2, 0) is 4.79 Å². The van der Waals surface area contributed by atoms with Crippen LogP contribution >= 0.6 is 0 Å². The van der Waals surface area contributed by atoms with Crippen LogP contribution in [0.25, 0.3) is 0 Å². The smallest absolute Gasteiger partial charge is 0.222 e. The highest BCUT2D eigenvalue weighted by Gasteiger charge is 2.14. The van der Waals surface area contributed by atoms with Gasteiger partial charge in [0.15, 0.2) is 0 Å². The Morgan fingerprint density at radius 2 is 2.31 bits per heavy atom. The fourth-order valence-corrected chi connectivity index (χ4v) is 1.72. The van der Waals surface area contributed by atoms with E-state index in [9.17, 15) is 4.79 Å². The molecule has 0 spiro atoms. The summed E-state index contributed by atoms with van der Waals surface area (Å²) >= 11 is 0. The molecule has 0 aliphatic carbocycles. The SMILES string of the molecule is CN(C)C(=O)CCC1CCCNC1. The molecule has 3 heteroatoms. The lowest BCUT2D eigenvalue weighted by Gasteiger charge is -2.22. The predicted molar refractivity (Wildman–Crippen MR) is 53.5 cm³/mol. The lowest BCUT2D eigenvalue weighted by atomic mass is 9.94. The molecule has 1 N–H and O–H groups in total. The highest BCUT2D eigenvalue weighted by molar-refractivity contribution is 5.75. The fourth-order valence-electron chi connectivity index (χ4n) is 1.72. The van der Waals surface area contributed by atoms with Crippen LogP contribution in [0.2, 0.25) is 0 Å². The van der Waals surface area contributed by atoms with Gasteiger partial charge in [0.1, 0.15) is 0 Å². The number of rotatable bonds is 3. The van der Waals surface area contributed by atoms with Gasteiger partial charge >= 0.3 is 0 Å². The summed E-state index contributed by atoms with van der Waals surface area (Å²) < 4.78 is 0. The van der Waals surface area contributed by atoms with Crippen LogP contribution in [0.4, 0.5) is 0 Å². The van der Waals surface area contributed by atoms with Crippen molar-refractivity contribution in [2.24, 2.45) is 5.92 Å². The van der Waals surface area contributed by atoms with Gasteiger partial charge in [-0.15, -0.1) is 0 Å². The number of amides is 1. The Morgan fingerprint density at radius 1 is 1.54 bits per heavy atom. The van der Waals surface area contributed by atoms with E-state index in [1.807, 2.05) is 14.1 Å². The summed E-state index contributed by atoms with van der Waals surface area (Å²) in [4.78, 5) is 13.0. The van der Waals surface area contributed by atoms with Gasteiger partial charge < -0.3 is 10.2 Å². The molecule has 1 amide bonds. The van der Waals surface area contributed by atoms with Gasteiger partial charge in [0, 0.05) is 20.5 Å². The summed E-state index contributed by atoms with van der Waals surface area (Å²) in [5.41, 5.74) is 0. The van der Waals surface area contributed by atoms with Crippen LogP contribution in [0.5, 0.6) is 0 Å². The molecule has 0 aromatic rings. The second-order valence-corrected chi connectivity index (χ2v) is 4.04. The summed E-state index contributed by atoms with van der Waals surface area (Å²) in [6, 6.07) is 0. The number of hydrogen-bond donors (Lipinski definition) is 1. The number of piperidine rings is 1. The van der Waals surface area contributed by atoms with E-state index < -0.39 is 0 Å². The first-order valence-corrected chi connectivity index (χ1v) is 5.11. The average Bonchev–Trinajstić information content (AvgIpc) is 2.15. The van der Waals surface area contributed by atoms with Crippen molar-refractivity contribution in [3.63, 3.8) is 0 Å². The Bertz CT molecular complexity index is 162. The number of nitrogens with one attached hydrogen (secondary N) is 1. The van der Waals surface area contributed by atoms with E-state index in [-0.39, 0.29) is 5.91 Å². The van der Waals surface area contributed by atoms with E-state index in [4.69, 9.17) is 0 Å². The van der Waals surface area contributed by atoms with E-state index in [1.165, 1.54) is 12.8 Å². The second kappa shape index (κ2) is 5.22. The van der Waals surface area contributed by atoms with Crippen molar-refractivity contribution < 1.29 is 4.79 Å². The van der Waals surface area contributed by atoms with Crippen LogP contribution in [0.15, 0.2) is 0 Å². The van der Waals surface area contributed by atoms with Gasteiger partial charge in [-0.3, -0.25) is 4.79 Å². The van der Waals surface area contributed by atoms with Crippen molar-refractivity contribution in [1.82, 2.24) is 10.2 Å². The molecule has 0 radical (unpaired) electrons. The Balaban J connectivity index is 2.13. The molecule has 1 aliphatic rings. The number of carbonyl (C=O) groups excluding carboxylic acids is 1. The maximum absolute atomic E-state index is 11.3. The van der Waals surface area contributed by atoms with E-state index >= 15 is 0 Å². The van der Waals surface area contributed by atoms with Crippen molar-refractivity contribution in [2.75, 3.05) is 27.2 Å². The van der Waals surface area contributed by atoms with Crippen LogP contribution in [0, 0.1) is 5.92 Å². The third-order valence-electron chi connectivity index (χ3n) is 2.66. The maximum atomic E-state index is 11.3. The molecule has 1 aliphatic heterocycles. The van der Waals surface area contributed by atoms with Gasteiger partial charge in [-0.2, -0.15) is 0 Å². The lowest BCUT2D eigenvalue weighted by Crippen LogP contribution is -2.31. The Hall–Kier alpha value is -0.570. The second-order valence-electron chi connectivity index (χ2n) is 4.04. The van der Waals surface area contributed by atoms with E-state index in [0.717, 1.165) is 25.4 Å². The molecule has 0 saturated carbocycles. The minimum absolute atomic E-state index is 0.255. The summed E-state index contributed by atoms with van der Waals surface area (Å²) in [7, 11) is 3.64. The van der Waals surface area contributed by atoms with E-state index in [2.05, 4.69) is 5.32 Å². The molecule has 0 aromatic heterocycles. The number of hydrogen-bond acceptors (Lipinski definition) is 2. The summed E-state index contributed by atoms with van der Waals surface area (Å²) in [6.07, 6.45) is 4.30. The molecular weight excluding hydrogens is 164 g/mol. The molecule has 1 saturated heterocycles. The monoisotopic (exact) mass is 184 g/mol. The molecule has 0 bridgehead atoms. The zero-order chi connectivity index (χ0) is 9.68. The first-order chi connectivity index (χ1) is 6.20. The normalized spacial score (nSPS) is 22.8. The topological polar surface area (TPSA) is 32.3 Å². The Labute approximate surface area is 80.5 Å². The van der Waals surface area contributed by atoms with Crippen LogP contribution in [0.3, 0.4) is 0 Å². The quantitative estimate of drug-likeness (QED) is 0.705. The van der Waals surface area contributed by atoms with E-state index in [1.54, 1.807) is 4.90 Å². The van der Waals surface area contributed by atoms with Crippen molar-refractivity contribution >= 4 is 5.91 Å². The highest BCUT2D eigenvalue weighted by atomic mass is 16.2. The Kier molecular flexibility index (Phi) is 4.22. The fraction of sp³-hybridized carbons (Fsp3) is 0.900. The molecule has 13 heavy (non-hydrogen) atoms. The molecule has 3 nitrogen and oxygen atoms in total. The maximum Gasteiger partial charge on any atom is 0.222 e. The summed E-state index contributed by atoms with van der Waals surface area (Å²) in [6.45, 7) is 2.25. The summed E-state index contributed by atoms with van der Waals surface area (Å²) in [5, 5.41) is 3.36. The predicted octanol–water partition coefficient (Wildman–Crippen LogP) is 0.854. The minimum Gasteiger partial charge on any atom is -0.349 e. The van der Waals surface area contributed by atoms with Crippen molar-refractivity contribution in [2.45, 2.75) is 25.7 Å². The molecule has 1 atom stereocenters. The van der Waals surface area contributed by atoms with Crippen molar-refractivity contribution in [1.29, 1.82) is 0 Å². The third kappa shape index (κ3) is 3.77. The molecule has 76 valence electrons. The van der Waals surface area contributed by atoms with Gasteiger partial charge in [0.2, 0.25) is 5.91 Å². The first kappa shape index (κ1) is 10.5. The van der Waals surface area contributed by atoms with Crippen LogP contribution < -0.4 is 5.32 Å². The zero-order valence-electron chi connectivity index (χ0n) is 8.68. The van der Waals surface area contributed by atoms with Gasteiger partial charge in [0.05, 0.1) is 0 Å². The Morgan fingerprint density at radius 3 is 2.85 bits per heavy atom. The minimum atomic E-state index is 0.255. The molecular formula is C10H20N2O. The molecule has 0 aromatic carbocycles. The molecule has 1 rings (SSSR count). The van der Waals surface area contributed by atoms with E-state index in [0.29, 0.717) is 6.42 Å². The third-order valence-corrected chi connectivity index (χ3v) is 2.66. The van der Waals surface area contributed by atoms with Crippen molar-refractivity contribution in [3.8, 4) is 0 Å². The van der Waals surface area contributed by atoms with Crippen LogP contribution in [0.1, 0.15) is 25.7 Å². The largest absolute Gasteiger partial charge is 0.349 e. The van der Waals surface area contributed by atoms with Gasteiger partial charge in [-0.1, -0.05) is 0 Å². The summed E-state index contributed by atoms with van der Waals surface area (Å²) in [5.74, 6) is 0.975.